The molecule has 78 valence electrons. The van der Waals surface area contributed by atoms with Gasteiger partial charge in [0.2, 0.25) is 0 Å². The Hall–Kier alpha value is -1.48. The Morgan fingerprint density at radius 1 is 1.60 bits per heavy atom. The monoisotopic (exact) mass is 229 g/mol. The van der Waals surface area contributed by atoms with Crippen LogP contribution >= 0.6 is 11.3 Å². The molecule has 0 radical (unpaired) electrons. The van der Waals surface area contributed by atoms with Gasteiger partial charge in [0.25, 0.3) is 5.92 Å². The van der Waals surface area contributed by atoms with E-state index in [9.17, 15) is 13.6 Å². The number of nitrogens with zero attached hydrogens (tertiary/aromatic N) is 1. The molecule has 1 saturated carbocycles. The maximum Gasteiger partial charge on any atom is 0.321 e. The van der Waals surface area contributed by atoms with Gasteiger partial charge in [0.1, 0.15) is 10.9 Å². The first-order valence-electron chi connectivity index (χ1n) is 4.06. The lowest BCUT2D eigenvalue weighted by Crippen LogP contribution is -2.25. The number of rotatable bonds is 2. The van der Waals surface area contributed by atoms with E-state index in [1.165, 1.54) is 12.1 Å². The molecule has 1 atom stereocenters. The van der Waals surface area contributed by atoms with Crippen LogP contribution in [-0.2, 0) is 10.2 Å². The molecule has 1 aliphatic carbocycles. The average Bonchev–Trinajstić information content (AvgIpc) is 2.60. The topological polar surface area (TPSA) is 61.1 Å². The van der Waals surface area contributed by atoms with Gasteiger partial charge in [0.15, 0.2) is 5.41 Å². The third kappa shape index (κ3) is 1.16. The Labute approximate surface area is 87.6 Å². The second-order valence-corrected chi connectivity index (χ2v) is 4.45. The first-order chi connectivity index (χ1) is 6.94. The Morgan fingerprint density at radius 3 is 2.53 bits per heavy atom. The van der Waals surface area contributed by atoms with Gasteiger partial charge in [0.05, 0.1) is 0 Å². The lowest BCUT2D eigenvalue weighted by molar-refractivity contribution is -0.142. The second-order valence-electron chi connectivity index (χ2n) is 3.37. The quantitative estimate of drug-likeness (QED) is 0.843. The minimum Gasteiger partial charge on any atom is -0.480 e. The fourth-order valence-corrected chi connectivity index (χ4v) is 2.56. The van der Waals surface area contributed by atoms with E-state index in [1.807, 2.05) is 0 Å². The molecule has 1 aromatic heterocycles. The van der Waals surface area contributed by atoms with Crippen LogP contribution in [0.5, 0.6) is 0 Å². The number of carboxylic acids is 1. The Morgan fingerprint density at radius 2 is 2.20 bits per heavy atom. The fourth-order valence-electron chi connectivity index (χ4n) is 1.52. The van der Waals surface area contributed by atoms with Crippen LogP contribution in [0.25, 0.3) is 0 Å². The number of carboxylic acid groups (broad SMARTS) is 1. The minimum absolute atomic E-state index is 0.0524. The number of hydrogen-bond acceptors (Lipinski definition) is 3. The van der Waals surface area contributed by atoms with Crippen molar-refractivity contribution in [1.82, 2.24) is 0 Å². The van der Waals surface area contributed by atoms with Crippen LogP contribution in [0.1, 0.15) is 16.2 Å². The lowest BCUT2D eigenvalue weighted by Gasteiger charge is -2.07. The van der Waals surface area contributed by atoms with Crippen molar-refractivity contribution in [1.29, 1.82) is 5.26 Å². The van der Waals surface area contributed by atoms with Crippen LogP contribution < -0.4 is 0 Å². The third-order valence-corrected chi connectivity index (χ3v) is 3.64. The molecule has 1 aliphatic rings. The third-order valence-electron chi connectivity index (χ3n) is 2.49. The summed E-state index contributed by atoms with van der Waals surface area (Å²) in [6.07, 6.45) is -0.680. The number of aliphatic carboxylic acids is 1. The van der Waals surface area contributed by atoms with E-state index in [2.05, 4.69) is 0 Å². The zero-order valence-corrected chi connectivity index (χ0v) is 8.15. The molecular formula is C9H5F2NO2S. The number of halogens is 2. The SMILES string of the molecule is N#Cc1ccc(C2(C(=O)O)CC2(F)F)s1. The van der Waals surface area contributed by atoms with Crippen molar-refractivity contribution in [2.75, 3.05) is 0 Å². The first kappa shape index (κ1) is 10.1. The molecule has 1 N–H and O–H groups in total. The van der Waals surface area contributed by atoms with E-state index < -0.39 is 23.7 Å². The van der Waals surface area contributed by atoms with Gasteiger partial charge in [-0.15, -0.1) is 11.3 Å². The van der Waals surface area contributed by atoms with Gasteiger partial charge in [-0.1, -0.05) is 0 Å². The van der Waals surface area contributed by atoms with Crippen molar-refractivity contribution >= 4 is 17.3 Å². The number of carbonyl (C=O) groups is 1. The predicted octanol–water partition coefficient (Wildman–Crippen LogP) is 1.98. The summed E-state index contributed by atoms with van der Waals surface area (Å²) in [6, 6.07) is 4.44. The highest BCUT2D eigenvalue weighted by atomic mass is 32.1. The molecule has 0 aliphatic heterocycles. The molecule has 0 amide bonds. The van der Waals surface area contributed by atoms with Crippen LogP contribution in [-0.4, -0.2) is 17.0 Å². The smallest absolute Gasteiger partial charge is 0.321 e. The summed E-state index contributed by atoms with van der Waals surface area (Å²) < 4.78 is 26.1. The van der Waals surface area contributed by atoms with E-state index in [-0.39, 0.29) is 9.75 Å². The van der Waals surface area contributed by atoms with Gasteiger partial charge < -0.3 is 5.11 Å². The molecule has 1 unspecified atom stereocenters. The fraction of sp³-hybridized carbons (Fsp3) is 0.333. The number of hydrogen-bond donors (Lipinski definition) is 1. The summed E-state index contributed by atoms with van der Waals surface area (Å²) in [5, 5.41) is 17.3. The van der Waals surface area contributed by atoms with Gasteiger partial charge in [-0.3, -0.25) is 4.79 Å². The van der Waals surface area contributed by atoms with Crippen molar-refractivity contribution in [2.45, 2.75) is 17.8 Å². The summed E-state index contributed by atoms with van der Waals surface area (Å²) >= 11 is 0.811. The van der Waals surface area contributed by atoms with Crippen LogP contribution in [0.2, 0.25) is 0 Å². The largest absolute Gasteiger partial charge is 0.480 e. The molecule has 6 heteroatoms. The molecular weight excluding hydrogens is 224 g/mol. The summed E-state index contributed by atoms with van der Waals surface area (Å²) in [5.41, 5.74) is -2.09. The molecule has 1 heterocycles. The van der Waals surface area contributed by atoms with Gasteiger partial charge >= 0.3 is 5.97 Å². The van der Waals surface area contributed by atoms with E-state index in [4.69, 9.17) is 10.4 Å². The number of thiophene rings is 1. The highest BCUT2D eigenvalue weighted by Gasteiger charge is 2.78. The normalized spacial score (nSPS) is 27.0. The predicted molar refractivity (Wildman–Crippen MR) is 47.9 cm³/mol. The molecule has 1 fully saturated rings. The highest BCUT2D eigenvalue weighted by Crippen LogP contribution is 2.62. The lowest BCUT2D eigenvalue weighted by atomic mass is 10.1. The van der Waals surface area contributed by atoms with Gasteiger partial charge in [-0.2, -0.15) is 5.26 Å². The van der Waals surface area contributed by atoms with Crippen molar-refractivity contribution in [3.05, 3.63) is 21.9 Å². The van der Waals surface area contributed by atoms with Crippen LogP contribution in [0.15, 0.2) is 12.1 Å². The first-order valence-corrected chi connectivity index (χ1v) is 4.87. The van der Waals surface area contributed by atoms with Crippen molar-refractivity contribution < 1.29 is 18.7 Å². The molecule has 2 rings (SSSR count). The van der Waals surface area contributed by atoms with Gasteiger partial charge in [0, 0.05) is 11.3 Å². The zero-order valence-electron chi connectivity index (χ0n) is 7.33. The van der Waals surface area contributed by atoms with Crippen molar-refractivity contribution in [3.63, 3.8) is 0 Å². The highest BCUT2D eigenvalue weighted by molar-refractivity contribution is 7.12. The summed E-state index contributed by atoms with van der Waals surface area (Å²) in [4.78, 5) is 11.1. The Bertz CT molecular complexity index is 477. The maximum atomic E-state index is 13.0. The second kappa shape index (κ2) is 2.76. The number of nitriles is 1. The maximum absolute atomic E-state index is 13.0. The molecule has 3 nitrogen and oxygen atoms in total. The van der Waals surface area contributed by atoms with Crippen molar-refractivity contribution in [3.8, 4) is 6.07 Å². The van der Waals surface area contributed by atoms with Crippen molar-refractivity contribution in [2.24, 2.45) is 0 Å². The van der Waals surface area contributed by atoms with Crippen LogP contribution in [0, 0.1) is 11.3 Å². The zero-order chi connectivity index (χ0) is 11.3. The molecule has 1 aromatic rings. The molecule has 0 aromatic carbocycles. The van der Waals surface area contributed by atoms with E-state index >= 15 is 0 Å². The van der Waals surface area contributed by atoms with Crippen LogP contribution in [0.4, 0.5) is 8.78 Å². The minimum atomic E-state index is -3.20. The van der Waals surface area contributed by atoms with E-state index in [0.29, 0.717) is 0 Å². The van der Waals surface area contributed by atoms with E-state index in [0.717, 1.165) is 11.3 Å². The van der Waals surface area contributed by atoms with E-state index in [1.54, 1.807) is 6.07 Å². The summed E-state index contributed by atoms with van der Waals surface area (Å²) in [7, 11) is 0. The van der Waals surface area contributed by atoms with Gasteiger partial charge in [-0.25, -0.2) is 8.78 Å². The van der Waals surface area contributed by atoms with Gasteiger partial charge in [-0.05, 0) is 12.1 Å². The Balaban J connectivity index is 2.46. The Kier molecular flexibility index (Phi) is 1.85. The summed E-state index contributed by atoms with van der Waals surface area (Å²) in [5.74, 6) is -4.73. The summed E-state index contributed by atoms with van der Waals surface area (Å²) in [6.45, 7) is 0. The standard InChI is InChI=1S/C9H5F2NO2S/c10-9(11)4-8(9,7(13)14)6-2-1-5(3-12)15-6/h1-2H,4H2,(H,13,14). The molecule has 0 bridgehead atoms. The average molecular weight is 229 g/mol. The van der Waals surface area contributed by atoms with Crippen LogP contribution in [0.3, 0.4) is 0 Å². The molecule has 15 heavy (non-hydrogen) atoms. The molecule has 0 saturated heterocycles. The molecule has 0 spiro atoms. The number of alkyl halides is 2.